The topological polar surface area (TPSA) is 85.8 Å². The van der Waals surface area contributed by atoms with Crippen molar-refractivity contribution in [3.05, 3.63) is 65.7 Å². The van der Waals surface area contributed by atoms with E-state index in [0.29, 0.717) is 31.1 Å². The number of amides is 1. The number of aliphatic imine (C=N–C) groups is 1. The van der Waals surface area contributed by atoms with E-state index < -0.39 is 0 Å². The van der Waals surface area contributed by atoms with Crippen LogP contribution in [0.25, 0.3) is 0 Å². The number of aromatic hydroxyl groups is 1. The Kier molecular flexibility index (Phi) is 11.0. The third kappa shape index (κ3) is 8.16. The van der Waals surface area contributed by atoms with E-state index >= 15 is 0 Å². The van der Waals surface area contributed by atoms with Crippen LogP contribution in [0.5, 0.6) is 5.75 Å². The van der Waals surface area contributed by atoms with Crippen molar-refractivity contribution in [1.82, 2.24) is 16.0 Å². The summed E-state index contributed by atoms with van der Waals surface area (Å²) in [6.07, 6.45) is 0. The van der Waals surface area contributed by atoms with E-state index in [1.165, 1.54) is 17.7 Å². The molecule has 28 heavy (non-hydrogen) atoms. The fourth-order valence-corrected chi connectivity index (χ4v) is 2.53. The molecule has 0 heterocycles. The first-order chi connectivity index (χ1) is 13.1. The summed E-state index contributed by atoms with van der Waals surface area (Å²) < 4.78 is 0. The summed E-state index contributed by atoms with van der Waals surface area (Å²) in [7, 11) is 0. The van der Waals surface area contributed by atoms with E-state index in [2.05, 4.69) is 40.0 Å². The number of guanidine groups is 1. The molecule has 0 aliphatic carbocycles. The molecule has 7 heteroatoms. The maximum Gasteiger partial charge on any atom is 0.251 e. The van der Waals surface area contributed by atoms with Crippen molar-refractivity contribution in [2.24, 2.45) is 4.99 Å². The van der Waals surface area contributed by atoms with Crippen molar-refractivity contribution in [2.75, 3.05) is 26.2 Å². The zero-order chi connectivity index (χ0) is 19.5. The Balaban J connectivity index is 0.00000392. The number of nitrogens with zero attached hydrogens (tertiary/aromatic N) is 1. The van der Waals surface area contributed by atoms with Gasteiger partial charge in [0.25, 0.3) is 5.91 Å². The minimum absolute atomic E-state index is 0. The van der Waals surface area contributed by atoms with Crippen molar-refractivity contribution in [1.29, 1.82) is 0 Å². The lowest BCUT2D eigenvalue weighted by atomic mass is 10.0. The van der Waals surface area contributed by atoms with Gasteiger partial charge in [0.05, 0.1) is 0 Å². The fourth-order valence-electron chi connectivity index (χ4n) is 2.53. The molecule has 0 spiro atoms. The van der Waals surface area contributed by atoms with E-state index in [-0.39, 0.29) is 35.6 Å². The minimum atomic E-state index is -0.170. The van der Waals surface area contributed by atoms with E-state index in [1.807, 2.05) is 25.1 Å². The Morgan fingerprint density at radius 3 is 2.29 bits per heavy atom. The molecule has 2 aromatic carbocycles. The molecular formula is C21H29IN4O2. The summed E-state index contributed by atoms with van der Waals surface area (Å²) in [5.41, 5.74) is 1.78. The second-order valence-corrected chi connectivity index (χ2v) is 6.26. The molecule has 0 aliphatic heterocycles. The number of rotatable bonds is 8. The molecule has 4 N–H and O–H groups in total. The highest BCUT2D eigenvalue weighted by atomic mass is 127. The van der Waals surface area contributed by atoms with Crippen molar-refractivity contribution >= 4 is 35.8 Å². The van der Waals surface area contributed by atoms with Gasteiger partial charge in [-0.2, -0.15) is 0 Å². The lowest BCUT2D eigenvalue weighted by Crippen LogP contribution is -2.41. The van der Waals surface area contributed by atoms with E-state index in [0.717, 1.165) is 12.5 Å². The molecule has 2 rings (SSSR count). The van der Waals surface area contributed by atoms with Crippen LogP contribution >= 0.6 is 24.0 Å². The Hall–Kier alpha value is -2.29. The van der Waals surface area contributed by atoms with E-state index in [1.54, 1.807) is 12.1 Å². The van der Waals surface area contributed by atoms with Crippen LogP contribution in [0, 0.1) is 0 Å². The standard InChI is InChI=1S/C21H28N4O2.HI/c1-3-22-21(25-15-16(2)17-7-5-4-6-8-17)24-14-13-23-20(27)18-9-11-19(26)12-10-18;/h4-12,16,26H,3,13-15H2,1-2H3,(H,23,27)(H2,22,24,25);1H. The van der Waals surface area contributed by atoms with Crippen LogP contribution in [0.4, 0.5) is 0 Å². The molecule has 0 saturated heterocycles. The zero-order valence-corrected chi connectivity index (χ0v) is 18.6. The summed E-state index contributed by atoms with van der Waals surface area (Å²) in [6.45, 7) is 6.66. The molecular weight excluding hydrogens is 467 g/mol. The predicted molar refractivity (Wildman–Crippen MR) is 125 cm³/mol. The highest BCUT2D eigenvalue weighted by Crippen LogP contribution is 2.14. The van der Waals surface area contributed by atoms with E-state index in [9.17, 15) is 9.90 Å². The van der Waals surface area contributed by atoms with Crippen LogP contribution in [0.15, 0.2) is 59.6 Å². The highest BCUT2D eigenvalue weighted by Gasteiger charge is 2.06. The number of carbonyl (C=O) groups is 1. The molecule has 0 bridgehead atoms. The zero-order valence-electron chi connectivity index (χ0n) is 16.3. The Morgan fingerprint density at radius 1 is 1.00 bits per heavy atom. The quantitative estimate of drug-likeness (QED) is 0.196. The summed E-state index contributed by atoms with van der Waals surface area (Å²) in [4.78, 5) is 16.7. The van der Waals surface area contributed by atoms with Crippen LogP contribution in [-0.4, -0.2) is 43.2 Å². The molecule has 0 aromatic heterocycles. The summed E-state index contributed by atoms with van der Waals surface area (Å²) >= 11 is 0. The number of phenols is 1. The Morgan fingerprint density at radius 2 is 1.64 bits per heavy atom. The van der Waals surface area contributed by atoms with Gasteiger partial charge in [-0.25, -0.2) is 0 Å². The SMILES string of the molecule is CCNC(=NCC(C)c1ccccc1)NCCNC(=O)c1ccc(O)cc1.I. The summed E-state index contributed by atoms with van der Waals surface area (Å²) in [6, 6.07) is 16.5. The van der Waals surface area contributed by atoms with Gasteiger partial charge in [0, 0.05) is 37.7 Å². The lowest BCUT2D eigenvalue weighted by Gasteiger charge is -2.14. The predicted octanol–water partition coefficient (Wildman–Crippen LogP) is 3.10. The van der Waals surface area contributed by atoms with Gasteiger partial charge in [0.1, 0.15) is 5.75 Å². The monoisotopic (exact) mass is 496 g/mol. The summed E-state index contributed by atoms with van der Waals surface area (Å²) in [5.74, 6) is 1.04. The molecule has 152 valence electrons. The normalized spacial score (nSPS) is 11.9. The van der Waals surface area contributed by atoms with Crippen molar-refractivity contribution in [3.63, 3.8) is 0 Å². The average Bonchev–Trinajstić information content (AvgIpc) is 2.70. The van der Waals surface area contributed by atoms with Gasteiger partial charge in [0.15, 0.2) is 5.96 Å². The maximum absolute atomic E-state index is 12.0. The molecule has 2 aromatic rings. The van der Waals surface area contributed by atoms with Gasteiger partial charge < -0.3 is 21.1 Å². The third-order valence-corrected chi connectivity index (χ3v) is 4.07. The number of benzene rings is 2. The lowest BCUT2D eigenvalue weighted by molar-refractivity contribution is 0.0954. The number of hydrogen-bond donors (Lipinski definition) is 4. The molecule has 1 amide bonds. The van der Waals surface area contributed by atoms with Crippen LogP contribution in [0.3, 0.4) is 0 Å². The third-order valence-electron chi connectivity index (χ3n) is 4.07. The number of halogens is 1. The second-order valence-electron chi connectivity index (χ2n) is 6.26. The molecule has 0 saturated carbocycles. The summed E-state index contributed by atoms with van der Waals surface area (Å²) in [5, 5.41) is 18.5. The Bertz CT molecular complexity index is 736. The molecule has 0 fully saturated rings. The highest BCUT2D eigenvalue weighted by molar-refractivity contribution is 14.0. The van der Waals surface area contributed by atoms with Gasteiger partial charge in [0.2, 0.25) is 0 Å². The number of carbonyl (C=O) groups excluding carboxylic acids is 1. The largest absolute Gasteiger partial charge is 0.508 e. The van der Waals surface area contributed by atoms with Gasteiger partial charge in [-0.1, -0.05) is 37.3 Å². The first kappa shape index (κ1) is 23.7. The van der Waals surface area contributed by atoms with Gasteiger partial charge in [-0.3, -0.25) is 9.79 Å². The average molecular weight is 496 g/mol. The smallest absolute Gasteiger partial charge is 0.251 e. The van der Waals surface area contributed by atoms with Crippen molar-refractivity contribution < 1.29 is 9.90 Å². The van der Waals surface area contributed by atoms with Crippen LogP contribution in [0.2, 0.25) is 0 Å². The van der Waals surface area contributed by atoms with Gasteiger partial charge in [-0.05, 0) is 36.8 Å². The number of nitrogens with one attached hydrogen (secondary N) is 3. The van der Waals surface area contributed by atoms with Gasteiger partial charge >= 0.3 is 0 Å². The van der Waals surface area contributed by atoms with Crippen LogP contribution < -0.4 is 16.0 Å². The minimum Gasteiger partial charge on any atom is -0.508 e. The number of hydrogen-bond acceptors (Lipinski definition) is 3. The van der Waals surface area contributed by atoms with E-state index in [4.69, 9.17) is 0 Å². The van der Waals surface area contributed by atoms with Crippen LogP contribution in [0.1, 0.15) is 35.7 Å². The second kappa shape index (κ2) is 13.0. The first-order valence-electron chi connectivity index (χ1n) is 9.24. The van der Waals surface area contributed by atoms with Gasteiger partial charge in [-0.15, -0.1) is 24.0 Å². The van der Waals surface area contributed by atoms with Crippen molar-refractivity contribution in [3.8, 4) is 5.75 Å². The first-order valence-corrected chi connectivity index (χ1v) is 9.24. The molecule has 1 unspecified atom stereocenters. The maximum atomic E-state index is 12.0. The van der Waals surface area contributed by atoms with Crippen molar-refractivity contribution in [2.45, 2.75) is 19.8 Å². The fraction of sp³-hybridized carbons (Fsp3) is 0.333. The molecule has 6 nitrogen and oxygen atoms in total. The Labute approximate surface area is 183 Å². The number of phenolic OH excluding ortho intramolecular Hbond substituents is 1. The molecule has 0 radical (unpaired) electrons. The van der Waals surface area contributed by atoms with Crippen LogP contribution in [-0.2, 0) is 0 Å². The molecule has 0 aliphatic rings. The molecule has 1 atom stereocenters.